The Labute approximate surface area is 110 Å². The number of ketones is 2. The van der Waals surface area contributed by atoms with Crippen molar-refractivity contribution in [2.45, 2.75) is 19.3 Å². The summed E-state index contributed by atoms with van der Waals surface area (Å²) in [5, 5.41) is 0.531. The molecule has 1 rings (SSSR count). The van der Waals surface area contributed by atoms with Crippen LogP contribution >= 0.6 is 11.6 Å². The van der Waals surface area contributed by atoms with E-state index in [0.29, 0.717) is 10.6 Å². The second kappa shape index (κ2) is 6.91. The van der Waals surface area contributed by atoms with Gasteiger partial charge >= 0.3 is 5.97 Å². The largest absolute Gasteiger partial charge is 0.469 e. The number of halogens is 1. The summed E-state index contributed by atoms with van der Waals surface area (Å²) in [4.78, 5) is 34.0. The molecule has 4 nitrogen and oxygen atoms in total. The summed E-state index contributed by atoms with van der Waals surface area (Å²) in [5.74, 6) is -1.01. The molecule has 0 heterocycles. The van der Waals surface area contributed by atoms with E-state index in [0.717, 1.165) is 0 Å². The van der Waals surface area contributed by atoms with E-state index in [9.17, 15) is 14.4 Å². The van der Waals surface area contributed by atoms with Crippen LogP contribution in [0.1, 0.15) is 29.6 Å². The van der Waals surface area contributed by atoms with Crippen LogP contribution in [0.3, 0.4) is 0 Å². The van der Waals surface area contributed by atoms with E-state index in [2.05, 4.69) is 4.74 Å². The summed E-state index contributed by atoms with van der Waals surface area (Å²) in [6.07, 6.45) is -0.187. The SMILES string of the molecule is COC(=O)CCC(=O)CC(=O)c1ccc(Cl)cc1. The molecule has 18 heavy (non-hydrogen) atoms. The van der Waals surface area contributed by atoms with Crippen molar-refractivity contribution < 1.29 is 19.1 Å². The molecule has 0 aromatic heterocycles. The normalized spacial score (nSPS) is 9.89. The zero-order valence-electron chi connectivity index (χ0n) is 9.94. The Balaban J connectivity index is 2.47. The monoisotopic (exact) mass is 268 g/mol. The Morgan fingerprint density at radius 3 is 2.28 bits per heavy atom. The molecule has 0 saturated heterocycles. The fourth-order valence-electron chi connectivity index (χ4n) is 1.35. The third-order valence-corrected chi connectivity index (χ3v) is 2.61. The van der Waals surface area contributed by atoms with Gasteiger partial charge in [-0.2, -0.15) is 0 Å². The lowest BCUT2D eigenvalue weighted by Gasteiger charge is -2.01. The van der Waals surface area contributed by atoms with Crippen LogP contribution < -0.4 is 0 Å². The molecular formula is C13H13ClO4. The van der Waals surface area contributed by atoms with Gasteiger partial charge in [0.15, 0.2) is 5.78 Å². The smallest absolute Gasteiger partial charge is 0.305 e. The molecule has 5 heteroatoms. The van der Waals surface area contributed by atoms with Crippen LogP contribution in [0.15, 0.2) is 24.3 Å². The molecule has 0 unspecified atom stereocenters. The topological polar surface area (TPSA) is 60.4 Å². The van der Waals surface area contributed by atoms with E-state index in [1.807, 2.05) is 0 Å². The van der Waals surface area contributed by atoms with E-state index >= 15 is 0 Å². The number of hydrogen-bond donors (Lipinski definition) is 0. The fourth-order valence-corrected chi connectivity index (χ4v) is 1.47. The van der Waals surface area contributed by atoms with Crippen LogP contribution in [0.4, 0.5) is 0 Å². The maximum absolute atomic E-state index is 11.7. The van der Waals surface area contributed by atoms with Crippen LogP contribution in [-0.4, -0.2) is 24.6 Å². The lowest BCUT2D eigenvalue weighted by molar-refractivity contribution is -0.141. The van der Waals surface area contributed by atoms with E-state index in [-0.39, 0.29) is 30.8 Å². The average Bonchev–Trinajstić information content (AvgIpc) is 2.36. The van der Waals surface area contributed by atoms with Crippen molar-refractivity contribution in [2.75, 3.05) is 7.11 Å². The molecule has 0 atom stereocenters. The van der Waals surface area contributed by atoms with Gasteiger partial charge in [0.1, 0.15) is 5.78 Å². The Bertz CT molecular complexity index is 451. The number of carbonyl (C=O) groups is 3. The van der Waals surface area contributed by atoms with Crippen molar-refractivity contribution in [1.29, 1.82) is 0 Å². The number of Topliss-reactive ketones (excluding diaryl/α,β-unsaturated/α-hetero) is 2. The predicted molar refractivity (Wildman–Crippen MR) is 66.7 cm³/mol. The quantitative estimate of drug-likeness (QED) is 0.452. The van der Waals surface area contributed by atoms with Crippen LogP contribution in [0, 0.1) is 0 Å². The molecule has 0 aliphatic heterocycles. The number of methoxy groups -OCH3 is 1. The van der Waals surface area contributed by atoms with Gasteiger partial charge in [0.05, 0.1) is 20.0 Å². The second-order valence-electron chi connectivity index (χ2n) is 3.72. The maximum atomic E-state index is 11.7. The van der Waals surface area contributed by atoms with Crippen LogP contribution in [0.25, 0.3) is 0 Å². The molecule has 1 aromatic carbocycles. The van der Waals surface area contributed by atoms with E-state index in [4.69, 9.17) is 11.6 Å². The van der Waals surface area contributed by atoms with Crippen molar-refractivity contribution in [3.05, 3.63) is 34.9 Å². The summed E-state index contributed by atoms with van der Waals surface area (Å²) < 4.78 is 4.41. The number of esters is 1. The van der Waals surface area contributed by atoms with Crippen molar-refractivity contribution in [1.82, 2.24) is 0 Å². The second-order valence-corrected chi connectivity index (χ2v) is 4.16. The highest BCUT2D eigenvalue weighted by atomic mass is 35.5. The molecule has 1 aromatic rings. The molecule has 0 aliphatic rings. The number of rotatable bonds is 6. The van der Waals surface area contributed by atoms with Crippen LogP contribution in [0.5, 0.6) is 0 Å². The molecule has 0 radical (unpaired) electrons. The lowest BCUT2D eigenvalue weighted by Crippen LogP contribution is -2.10. The summed E-state index contributed by atoms with van der Waals surface area (Å²) in [6, 6.07) is 6.32. The van der Waals surface area contributed by atoms with Gasteiger partial charge in [0.25, 0.3) is 0 Å². The predicted octanol–water partition coefficient (Wildman–Crippen LogP) is 2.44. The Kier molecular flexibility index (Phi) is 5.52. The van der Waals surface area contributed by atoms with Gasteiger partial charge in [-0.1, -0.05) is 11.6 Å². The first-order valence-electron chi connectivity index (χ1n) is 5.40. The zero-order valence-corrected chi connectivity index (χ0v) is 10.7. The van der Waals surface area contributed by atoms with Gasteiger partial charge in [0, 0.05) is 17.0 Å². The Hall–Kier alpha value is -1.68. The summed E-state index contributed by atoms with van der Waals surface area (Å²) in [6.45, 7) is 0. The highest BCUT2D eigenvalue weighted by molar-refractivity contribution is 6.30. The van der Waals surface area contributed by atoms with Crippen molar-refractivity contribution >= 4 is 29.1 Å². The summed E-state index contributed by atoms with van der Waals surface area (Å²) in [5.41, 5.74) is 0.436. The molecule has 0 fully saturated rings. The van der Waals surface area contributed by atoms with Crippen molar-refractivity contribution in [3.63, 3.8) is 0 Å². The third kappa shape index (κ3) is 4.67. The van der Waals surface area contributed by atoms with Crippen LogP contribution in [0.2, 0.25) is 5.02 Å². The molecule has 0 N–H and O–H groups in total. The van der Waals surface area contributed by atoms with Crippen molar-refractivity contribution in [2.24, 2.45) is 0 Å². The number of hydrogen-bond acceptors (Lipinski definition) is 4. The maximum Gasteiger partial charge on any atom is 0.305 e. The van der Waals surface area contributed by atoms with Gasteiger partial charge in [-0.3, -0.25) is 14.4 Å². The zero-order chi connectivity index (χ0) is 13.5. The van der Waals surface area contributed by atoms with Crippen molar-refractivity contribution in [3.8, 4) is 0 Å². The molecule has 0 aliphatic carbocycles. The van der Waals surface area contributed by atoms with E-state index in [1.54, 1.807) is 24.3 Å². The molecule has 96 valence electrons. The molecule has 0 bridgehead atoms. The highest BCUT2D eigenvalue weighted by Gasteiger charge is 2.13. The first kappa shape index (κ1) is 14.4. The first-order chi connectivity index (χ1) is 8.52. The summed E-state index contributed by atoms with van der Waals surface area (Å²) in [7, 11) is 1.26. The number of ether oxygens (including phenoxy) is 1. The van der Waals surface area contributed by atoms with E-state index in [1.165, 1.54) is 7.11 Å². The standard InChI is InChI=1S/C13H13ClO4/c1-18-13(17)7-6-11(15)8-12(16)9-2-4-10(14)5-3-9/h2-5H,6-8H2,1H3. The van der Waals surface area contributed by atoms with Crippen LogP contribution in [-0.2, 0) is 14.3 Å². The molecular weight excluding hydrogens is 256 g/mol. The Morgan fingerprint density at radius 1 is 1.11 bits per heavy atom. The molecule has 0 spiro atoms. The minimum absolute atomic E-state index is 0.00321. The highest BCUT2D eigenvalue weighted by Crippen LogP contribution is 2.12. The third-order valence-electron chi connectivity index (χ3n) is 2.36. The van der Waals surface area contributed by atoms with Gasteiger partial charge in [-0.15, -0.1) is 0 Å². The minimum Gasteiger partial charge on any atom is -0.469 e. The van der Waals surface area contributed by atoms with Gasteiger partial charge in [0.2, 0.25) is 0 Å². The lowest BCUT2D eigenvalue weighted by atomic mass is 10.0. The van der Waals surface area contributed by atoms with E-state index < -0.39 is 5.97 Å². The molecule has 0 saturated carbocycles. The average molecular weight is 269 g/mol. The first-order valence-corrected chi connectivity index (χ1v) is 5.78. The minimum atomic E-state index is -0.456. The fraction of sp³-hybridized carbons (Fsp3) is 0.308. The Morgan fingerprint density at radius 2 is 1.72 bits per heavy atom. The van der Waals surface area contributed by atoms with Gasteiger partial charge in [-0.05, 0) is 24.3 Å². The number of carbonyl (C=O) groups excluding carboxylic acids is 3. The van der Waals surface area contributed by atoms with Gasteiger partial charge < -0.3 is 4.74 Å². The molecule has 0 amide bonds. The summed E-state index contributed by atoms with van der Waals surface area (Å²) >= 11 is 5.69. The number of benzene rings is 1. The van der Waals surface area contributed by atoms with Gasteiger partial charge in [-0.25, -0.2) is 0 Å².